The molecule has 0 aliphatic heterocycles. The molecule has 0 aromatic heterocycles. The first kappa shape index (κ1) is 27.8. The first-order chi connectivity index (χ1) is 15.8. The molecule has 2 rings (SSSR count). The van der Waals surface area contributed by atoms with Crippen LogP contribution in [-0.4, -0.2) is 57.1 Å². The van der Waals surface area contributed by atoms with Crippen LogP contribution in [0.25, 0.3) is 0 Å². The molecule has 0 unspecified atom stereocenters. The molecule has 34 heavy (non-hydrogen) atoms. The molecule has 0 heterocycles. The molecule has 1 atom stereocenters. The molecule has 0 saturated heterocycles. The normalized spacial score (nSPS) is 12.2. The van der Waals surface area contributed by atoms with Gasteiger partial charge in [-0.3, -0.25) is 13.9 Å². The molecule has 2 aromatic rings. The van der Waals surface area contributed by atoms with Crippen molar-refractivity contribution in [3.05, 3.63) is 58.1 Å². The van der Waals surface area contributed by atoms with Crippen LogP contribution >= 0.6 is 23.2 Å². The van der Waals surface area contributed by atoms with E-state index in [1.807, 2.05) is 13.8 Å². The van der Waals surface area contributed by atoms with Gasteiger partial charge in [-0.15, -0.1) is 0 Å². The summed E-state index contributed by atoms with van der Waals surface area (Å²) in [5.41, 5.74) is 0.938. The largest absolute Gasteiger partial charge is 0.497 e. The zero-order chi connectivity index (χ0) is 25.6. The van der Waals surface area contributed by atoms with Crippen molar-refractivity contribution in [1.82, 2.24) is 10.2 Å². The van der Waals surface area contributed by atoms with E-state index in [0.717, 1.165) is 10.6 Å². The number of carbonyl (C=O) groups is 2. The SMILES string of the molecule is COc1ccc(N(CC(=O)N(Cc2ccc(Cl)c(Cl)c2)[C@@H](C)C(=O)NC(C)C)S(C)(=O)=O)cc1. The second kappa shape index (κ2) is 11.8. The van der Waals surface area contributed by atoms with Gasteiger partial charge in [0.1, 0.15) is 18.3 Å². The van der Waals surface area contributed by atoms with E-state index in [2.05, 4.69) is 5.32 Å². The highest BCUT2D eigenvalue weighted by Gasteiger charge is 2.30. The van der Waals surface area contributed by atoms with Gasteiger partial charge in [0.2, 0.25) is 21.8 Å². The van der Waals surface area contributed by atoms with Gasteiger partial charge < -0.3 is 15.0 Å². The Morgan fingerprint density at radius 3 is 2.15 bits per heavy atom. The summed E-state index contributed by atoms with van der Waals surface area (Å²) in [6.45, 7) is 4.75. The molecule has 0 bridgehead atoms. The number of hydrogen-bond acceptors (Lipinski definition) is 5. The number of hydrogen-bond donors (Lipinski definition) is 1. The number of nitrogens with one attached hydrogen (secondary N) is 1. The van der Waals surface area contributed by atoms with Gasteiger partial charge in [0, 0.05) is 12.6 Å². The van der Waals surface area contributed by atoms with Crippen LogP contribution < -0.4 is 14.4 Å². The first-order valence-corrected chi connectivity index (χ1v) is 13.1. The van der Waals surface area contributed by atoms with Crippen LogP contribution in [0.2, 0.25) is 10.0 Å². The minimum absolute atomic E-state index is 0.0304. The van der Waals surface area contributed by atoms with Crippen molar-refractivity contribution in [3.63, 3.8) is 0 Å². The van der Waals surface area contributed by atoms with Crippen LogP contribution in [0.3, 0.4) is 0 Å². The molecule has 0 spiro atoms. The lowest BCUT2D eigenvalue weighted by atomic mass is 10.1. The van der Waals surface area contributed by atoms with Crippen LogP contribution in [-0.2, 0) is 26.2 Å². The zero-order valence-corrected chi connectivity index (χ0v) is 22.0. The van der Waals surface area contributed by atoms with E-state index in [9.17, 15) is 18.0 Å². The first-order valence-electron chi connectivity index (χ1n) is 10.5. The smallest absolute Gasteiger partial charge is 0.244 e. The van der Waals surface area contributed by atoms with Crippen LogP contribution in [0.5, 0.6) is 5.75 Å². The molecular weight excluding hydrogens is 501 g/mol. The van der Waals surface area contributed by atoms with Gasteiger partial charge in [-0.25, -0.2) is 8.42 Å². The standard InChI is InChI=1S/C23H29Cl2N3O5S/c1-15(2)26-23(30)16(3)27(13-17-6-11-20(24)21(25)12-17)22(29)14-28(34(5,31)32)18-7-9-19(33-4)10-8-18/h6-12,15-16H,13-14H2,1-5H3,(H,26,30)/t16-/m0/s1. The molecule has 0 radical (unpaired) electrons. The van der Waals surface area contributed by atoms with Gasteiger partial charge in [-0.2, -0.15) is 0 Å². The Morgan fingerprint density at radius 1 is 1.03 bits per heavy atom. The number of ether oxygens (including phenoxy) is 1. The molecule has 8 nitrogen and oxygen atoms in total. The number of methoxy groups -OCH3 is 1. The van der Waals surface area contributed by atoms with Crippen molar-refractivity contribution >= 4 is 50.7 Å². The predicted molar refractivity (Wildman–Crippen MR) is 135 cm³/mol. The number of amides is 2. The molecule has 11 heteroatoms. The van der Waals surface area contributed by atoms with E-state index in [-0.39, 0.29) is 18.5 Å². The maximum atomic E-state index is 13.4. The maximum absolute atomic E-state index is 13.4. The van der Waals surface area contributed by atoms with Gasteiger partial charge in [0.05, 0.1) is 29.1 Å². The van der Waals surface area contributed by atoms with E-state index in [1.165, 1.54) is 12.0 Å². The van der Waals surface area contributed by atoms with Gasteiger partial charge in [0.15, 0.2) is 0 Å². The van der Waals surface area contributed by atoms with Gasteiger partial charge in [-0.1, -0.05) is 29.3 Å². The number of carbonyl (C=O) groups excluding carboxylic acids is 2. The average Bonchev–Trinajstić information content (AvgIpc) is 2.76. The Hall–Kier alpha value is -2.49. The Morgan fingerprint density at radius 2 is 1.65 bits per heavy atom. The fourth-order valence-corrected chi connectivity index (χ4v) is 4.35. The Labute approximate surface area is 210 Å². The molecule has 186 valence electrons. The Balaban J connectivity index is 2.40. The van der Waals surface area contributed by atoms with E-state index in [0.29, 0.717) is 27.0 Å². The van der Waals surface area contributed by atoms with Crippen molar-refractivity contribution in [1.29, 1.82) is 0 Å². The van der Waals surface area contributed by atoms with E-state index < -0.39 is 28.5 Å². The second-order valence-electron chi connectivity index (χ2n) is 8.08. The van der Waals surface area contributed by atoms with Crippen LogP contribution in [0.15, 0.2) is 42.5 Å². The predicted octanol–water partition coefficient (Wildman–Crippen LogP) is 3.71. The molecule has 0 aliphatic rings. The van der Waals surface area contributed by atoms with Crippen molar-refractivity contribution in [2.24, 2.45) is 0 Å². The van der Waals surface area contributed by atoms with Crippen molar-refractivity contribution in [3.8, 4) is 5.75 Å². The summed E-state index contributed by atoms with van der Waals surface area (Å²) in [6.07, 6.45) is 1.02. The summed E-state index contributed by atoms with van der Waals surface area (Å²) in [5.74, 6) is -0.374. The fraction of sp³-hybridized carbons (Fsp3) is 0.391. The van der Waals surface area contributed by atoms with E-state index >= 15 is 0 Å². The van der Waals surface area contributed by atoms with Crippen molar-refractivity contribution in [2.75, 3.05) is 24.2 Å². The molecule has 2 amide bonds. The van der Waals surface area contributed by atoms with Gasteiger partial charge in [0.25, 0.3) is 0 Å². The Kier molecular flexibility index (Phi) is 9.61. The number of rotatable bonds is 10. The molecule has 1 N–H and O–H groups in total. The van der Waals surface area contributed by atoms with Crippen molar-refractivity contribution < 1.29 is 22.7 Å². The van der Waals surface area contributed by atoms with Crippen molar-refractivity contribution in [2.45, 2.75) is 39.4 Å². The summed E-state index contributed by atoms with van der Waals surface area (Å²) < 4.78 is 31.2. The molecule has 0 fully saturated rings. The fourth-order valence-electron chi connectivity index (χ4n) is 3.18. The third-order valence-electron chi connectivity index (χ3n) is 4.97. The summed E-state index contributed by atoms with van der Waals surface area (Å²) in [6, 6.07) is 10.2. The highest BCUT2D eigenvalue weighted by atomic mass is 35.5. The minimum atomic E-state index is -3.81. The minimum Gasteiger partial charge on any atom is -0.497 e. The number of nitrogens with zero attached hydrogens (tertiary/aromatic N) is 2. The van der Waals surface area contributed by atoms with E-state index in [1.54, 1.807) is 49.4 Å². The third kappa shape index (κ3) is 7.51. The zero-order valence-electron chi connectivity index (χ0n) is 19.7. The summed E-state index contributed by atoms with van der Waals surface area (Å²) in [5, 5.41) is 3.45. The lowest BCUT2D eigenvalue weighted by molar-refractivity contribution is -0.139. The summed E-state index contributed by atoms with van der Waals surface area (Å²) in [4.78, 5) is 27.5. The maximum Gasteiger partial charge on any atom is 0.244 e. The molecular formula is C23H29Cl2N3O5S. The number of halogens is 2. The monoisotopic (exact) mass is 529 g/mol. The van der Waals surface area contributed by atoms with E-state index in [4.69, 9.17) is 27.9 Å². The average molecular weight is 530 g/mol. The van der Waals surface area contributed by atoms with Gasteiger partial charge in [-0.05, 0) is 62.7 Å². The summed E-state index contributed by atoms with van der Waals surface area (Å²) >= 11 is 12.1. The summed E-state index contributed by atoms with van der Waals surface area (Å²) in [7, 11) is -2.31. The quantitative estimate of drug-likeness (QED) is 0.506. The van der Waals surface area contributed by atoms with Crippen LogP contribution in [0, 0.1) is 0 Å². The number of benzene rings is 2. The lowest BCUT2D eigenvalue weighted by Crippen LogP contribution is -2.52. The third-order valence-corrected chi connectivity index (χ3v) is 6.85. The number of sulfonamides is 1. The topological polar surface area (TPSA) is 96.0 Å². The lowest BCUT2D eigenvalue weighted by Gasteiger charge is -2.32. The second-order valence-corrected chi connectivity index (χ2v) is 10.8. The number of anilines is 1. The molecule has 2 aromatic carbocycles. The van der Waals surface area contributed by atoms with Gasteiger partial charge >= 0.3 is 0 Å². The highest BCUT2D eigenvalue weighted by molar-refractivity contribution is 7.92. The van der Waals surface area contributed by atoms with Crippen LogP contribution in [0.1, 0.15) is 26.3 Å². The molecule has 0 saturated carbocycles. The Bertz CT molecular complexity index is 1120. The van der Waals surface area contributed by atoms with Crippen LogP contribution in [0.4, 0.5) is 5.69 Å². The highest BCUT2D eigenvalue weighted by Crippen LogP contribution is 2.25. The molecule has 0 aliphatic carbocycles.